The highest BCUT2D eigenvalue weighted by Gasteiger charge is 2.27. The summed E-state index contributed by atoms with van der Waals surface area (Å²) in [6.07, 6.45) is 5.15. The highest BCUT2D eigenvalue weighted by Crippen LogP contribution is 2.43. The molecule has 1 aliphatic carbocycles. The molecule has 7 nitrogen and oxygen atoms in total. The van der Waals surface area contributed by atoms with Gasteiger partial charge in [-0.1, -0.05) is 0 Å². The van der Waals surface area contributed by atoms with Gasteiger partial charge in [0.2, 0.25) is 5.91 Å². The third kappa shape index (κ3) is 3.72. The van der Waals surface area contributed by atoms with Crippen molar-refractivity contribution in [2.45, 2.75) is 59.0 Å². The summed E-state index contributed by atoms with van der Waals surface area (Å²) in [5.74, 6) is 0.599. The molecule has 0 spiro atoms. The quantitative estimate of drug-likeness (QED) is 0.652. The fourth-order valence-corrected chi connectivity index (χ4v) is 3.70. The van der Waals surface area contributed by atoms with E-state index in [0.717, 1.165) is 41.1 Å². The topological polar surface area (TPSA) is 77.6 Å². The highest BCUT2D eigenvalue weighted by atomic mass is 16.2. The van der Waals surface area contributed by atoms with Gasteiger partial charge in [-0.3, -0.25) is 9.48 Å². The normalized spacial score (nSPS) is 14.0. The molecule has 1 aliphatic rings. The Morgan fingerprint density at radius 3 is 2.74 bits per heavy atom. The van der Waals surface area contributed by atoms with Gasteiger partial charge < -0.3 is 5.32 Å². The second kappa shape index (κ2) is 7.13. The number of amides is 1. The van der Waals surface area contributed by atoms with E-state index in [-0.39, 0.29) is 12.5 Å². The standard InChI is InChI=1S/C20H26N6O/c1-13-11-14(2)25(23-13)10-4-8-21-18(27)12-26-20-19(15(3)24-26)17(7-9-22-20)16-5-6-16/h7,9,11,16H,4-6,8,10,12H2,1-3H3,(H,21,27). The lowest BCUT2D eigenvalue weighted by molar-refractivity contribution is -0.121. The van der Waals surface area contributed by atoms with Crippen LogP contribution >= 0.6 is 0 Å². The van der Waals surface area contributed by atoms with Crippen molar-refractivity contribution in [3.8, 4) is 0 Å². The Morgan fingerprint density at radius 2 is 2.04 bits per heavy atom. The molecule has 1 saturated carbocycles. The van der Waals surface area contributed by atoms with E-state index >= 15 is 0 Å². The predicted octanol–water partition coefficient (Wildman–Crippen LogP) is 2.64. The Balaban J connectivity index is 1.36. The molecule has 0 aromatic carbocycles. The number of aryl methyl sites for hydroxylation is 4. The van der Waals surface area contributed by atoms with Gasteiger partial charge in [0.25, 0.3) is 0 Å². The van der Waals surface area contributed by atoms with Crippen LogP contribution in [-0.4, -0.2) is 37.0 Å². The fourth-order valence-electron chi connectivity index (χ4n) is 3.70. The molecule has 1 amide bonds. The molecular formula is C20H26N6O. The summed E-state index contributed by atoms with van der Waals surface area (Å²) in [5.41, 5.74) is 5.27. The first-order valence-corrected chi connectivity index (χ1v) is 9.62. The summed E-state index contributed by atoms with van der Waals surface area (Å²) in [6.45, 7) is 7.66. The summed E-state index contributed by atoms with van der Waals surface area (Å²) < 4.78 is 3.71. The largest absolute Gasteiger partial charge is 0.354 e. The molecule has 0 saturated heterocycles. The summed E-state index contributed by atoms with van der Waals surface area (Å²) in [4.78, 5) is 16.8. The van der Waals surface area contributed by atoms with Crippen LogP contribution in [0.25, 0.3) is 11.0 Å². The third-order valence-corrected chi connectivity index (χ3v) is 5.12. The van der Waals surface area contributed by atoms with Crippen LogP contribution < -0.4 is 5.32 Å². The van der Waals surface area contributed by atoms with Crippen molar-refractivity contribution in [1.29, 1.82) is 0 Å². The highest BCUT2D eigenvalue weighted by molar-refractivity contribution is 5.84. The molecule has 4 rings (SSSR count). The molecule has 0 atom stereocenters. The molecule has 7 heteroatoms. The van der Waals surface area contributed by atoms with Crippen LogP contribution in [0.15, 0.2) is 18.3 Å². The second-order valence-electron chi connectivity index (χ2n) is 7.47. The van der Waals surface area contributed by atoms with Gasteiger partial charge in [-0.2, -0.15) is 10.2 Å². The number of carbonyl (C=O) groups is 1. The lowest BCUT2D eigenvalue weighted by Crippen LogP contribution is -2.29. The molecule has 142 valence electrons. The smallest absolute Gasteiger partial charge is 0.241 e. The number of fused-ring (bicyclic) bond motifs is 1. The number of aromatic nitrogens is 5. The van der Waals surface area contributed by atoms with E-state index in [2.05, 4.69) is 32.6 Å². The molecule has 3 aromatic rings. The zero-order valence-corrected chi connectivity index (χ0v) is 16.2. The Kier molecular flexibility index (Phi) is 4.68. The van der Waals surface area contributed by atoms with E-state index in [1.165, 1.54) is 18.4 Å². The summed E-state index contributed by atoms with van der Waals surface area (Å²) in [5, 5.41) is 13.1. The Hall–Kier alpha value is -2.70. The summed E-state index contributed by atoms with van der Waals surface area (Å²) in [7, 11) is 0. The van der Waals surface area contributed by atoms with Crippen LogP contribution in [0.5, 0.6) is 0 Å². The van der Waals surface area contributed by atoms with Gasteiger partial charge in [-0.05, 0) is 63.6 Å². The first-order chi connectivity index (χ1) is 13.0. The van der Waals surface area contributed by atoms with Crippen molar-refractivity contribution in [3.63, 3.8) is 0 Å². The van der Waals surface area contributed by atoms with Crippen LogP contribution in [0, 0.1) is 20.8 Å². The first-order valence-electron chi connectivity index (χ1n) is 9.62. The average Bonchev–Trinajstić information content (AvgIpc) is 3.36. The Labute approximate surface area is 158 Å². The Morgan fingerprint density at radius 1 is 1.22 bits per heavy atom. The number of hydrogen-bond acceptors (Lipinski definition) is 4. The lowest BCUT2D eigenvalue weighted by atomic mass is 10.1. The van der Waals surface area contributed by atoms with Crippen LogP contribution in [0.1, 0.15) is 47.8 Å². The van der Waals surface area contributed by atoms with Gasteiger partial charge in [-0.15, -0.1) is 0 Å². The number of nitrogens with one attached hydrogen (secondary N) is 1. The van der Waals surface area contributed by atoms with E-state index in [0.29, 0.717) is 12.5 Å². The number of nitrogens with zero attached hydrogens (tertiary/aromatic N) is 5. The molecule has 3 aromatic heterocycles. The van der Waals surface area contributed by atoms with Crippen molar-refractivity contribution in [2.24, 2.45) is 0 Å². The second-order valence-corrected chi connectivity index (χ2v) is 7.47. The maximum absolute atomic E-state index is 12.4. The van der Waals surface area contributed by atoms with Crippen LogP contribution in [0.3, 0.4) is 0 Å². The molecule has 0 bridgehead atoms. The van der Waals surface area contributed by atoms with Gasteiger partial charge in [0.1, 0.15) is 6.54 Å². The van der Waals surface area contributed by atoms with Gasteiger partial charge in [-0.25, -0.2) is 9.67 Å². The van der Waals surface area contributed by atoms with Crippen molar-refractivity contribution in [2.75, 3.05) is 6.54 Å². The van der Waals surface area contributed by atoms with Crippen molar-refractivity contribution >= 4 is 16.9 Å². The molecule has 1 N–H and O–H groups in total. The minimum atomic E-state index is -0.0357. The van der Waals surface area contributed by atoms with Crippen molar-refractivity contribution in [3.05, 3.63) is 41.0 Å². The van der Waals surface area contributed by atoms with Gasteiger partial charge in [0.05, 0.1) is 11.4 Å². The predicted molar refractivity (Wildman–Crippen MR) is 104 cm³/mol. The summed E-state index contributed by atoms with van der Waals surface area (Å²) in [6, 6.07) is 4.16. The number of rotatable bonds is 7. The maximum atomic E-state index is 12.4. The average molecular weight is 366 g/mol. The monoisotopic (exact) mass is 366 g/mol. The molecular weight excluding hydrogens is 340 g/mol. The number of pyridine rings is 1. The zero-order chi connectivity index (χ0) is 19.0. The van der Waals surface area contributed by atoms with Gasteiger partial charge in [0, 0.05) is 30.4 Å². The molecule has 0 aliphatic heterocycles. The molecule has 1 fully saturated rings. The van der Waals surface area contributed by atoms with E-state index in [1.807, 2.05) is 31.6 Å². The SMILES string of the molecule is Cc1cc(C)n(CCCNC(=O)Cn2nc(C)c3c(C4CC4)ccnc32)n1. The van der Waals surface area contributed by atoms with Gasteiger partial charge in [0.15, 0.2) is 5.65 Å². The molecule has 27 heavy (non-hydrogen) atoms. The molecule has 3 heterocycles. The number of carbonyl (C=O) groups excluding carboxylic acids is 1. The fraction of sp³-hybridized carbons (Fsp3) is 0.500. The van der Waals surface area contributed by atoms with Crippen LogP contribution in [0.4, 0.5) is 0 Å². The first kappa shape index (κ1) is 17.7. The minimum Gasteiger partial charge on any atom is -0.354 e. The minimum absolute atomic E-state index is 0.0357. The van der Waals surface area contributed by atoms with E-state index < -0.39 is 0 Å². The van der Waals surface area contributed by atoms with Crippen LogP contribution in [0.2, 0.25) is 0 Å². The number of hydrogen-bond donors (Lipinski definition) is 1. The van der Waals surface area contributed by atoms with E-state index in [4.69, 9.17) is 0 Å². The lowest BCUT2D eigenvalue weighted by Gasteiger charge is -2.07. The summed E-state index contributed by atoms with van der Waals surface area (Å²) >= 11 is 0. The van der Waals surface area contributed by atoms with Crippen molar-refractivity contribution < 1.29 is 4.79 Å². The van der Waals surface area contributed by atoms with Gasteiger partial charge >= 0.3 is 0 Å². The van der Waals surface area contributed by atoms with E-state index in [9.17, 15) is 4.79 Å². The third-order valence-electron chi connectivity index (χ3n) is 5.12. The maximum Gasteiger partial charge on any atom is 0.241 e. The van der Waals surface area contributed by atoms with Crippen LogP contribution in [-0.2, 0) is 17.9 Å². The molecule has 0 radical (unpaired) electrons. The van der Waals surface area contributed by atoms with E-state index in [1.54, 1.807) is 4.68 Å². The Bertz CT molecular complexity index is 982. The zero-order valence-electron chi connectivity index (χ0n) is 16.2. The molecule has 0 unspecified atom stereocenters. The van der Waals surface area contributed by atoms with Crippen molar-refractivity contribution in [1.82, 2.24) is 29.9 Å².